The molecule has 0 aliphatic rings. The van der Waals surface area contributed by atoms with Crippen LogP contribution < -0.4 is 5.73 Å². The smallest absolute Gasteiger partial charge is 0.298 e. The predicted molar refractivity (Wildman–Crippen MR) is 68.9 cm³/mol. The van der Waals surface area contributed by atoms with E-state index in [1.807, 2.05) is 0 Å². The molecule has 0 atom stereocenters. The number of aromatic nitrogens is 1. The van der Waals surface area contributed by atoms with Crippen molar-refractivity contribution < 1.29 is 14.0 Å². The lowest BCUT2D eigenvalue weighted by Gasteiger charge is -2.00. The van der Waals surface area contributed by atoms with Crippen molar-refractivity contribution in [2.24, 2.45) is 5.73 Å². The quantitative estimate of drug-likeness (QED) is 0.759. The Morgan fingerprint density at radius 1 is 1.11 bits per heavy atom. The fraction of sp³-hybridized carbons (Fsp3) is 0. The van der Waals surface area contributed by atoms with Gasteiger partial charge in [0.25, 0.3) is 11.8 Å². The monoisotopic (exact) mass is 254 g/mol. The summed E-state index contributed by atoms with van der Waals surface area (Å²) in [5.74, 6) is -0.701. The second-order valence-corrected chi connectivity index (χ2v) is 4.08. The number of benzene rings is 1. The van der Waals surface area contributed by atoms with Crippen LogP contribution in [-0.4, -0.2) is 16.4 Å². The third kappa shape index (κ3) is 1.72. The Morgan fingerprint density at radius 3 is 2.58 bits per heavy atom. The van der Waals surface area contributed by atoms with Gasteiger partial charge in [0, 0.05) is 11.6 Å². The molecule has 0 saturated heterocycles. The number of fused-ring (bicyclic) bond motifs is 1. The van der Waals surface area contributed by atoms with Crippen LogP contribution in [0, 0.1) is 0 Å². The molecule has 0 bridgehead atoms. The van der Waals surface area contributed by atoms with Gasteiger partial charge in [0.2, 0.25) is 0 Å². The molecule has 0 spiro atoms. The first kappa shape index (κ1) is 11.3. The number of primary amides is 1. The minimum absolute atomic E-state index is 0.205. The lowest BCUT2D eigenvalue weighted by molar-refractivity contribution is 0.0937. The summed E-state index contributed by atoms with van der Waals surface area (Å²) in [6.45, 7) is 0. The number of furan rings is 1. The minimum Gasteiger partial charge on any atom is -0.459 e. The van der Waals surface area contributed by atoms with E-state index in [0.29, 0.717) is 16.5 Å². The number of para-hydroxylation sites is 1. The van der Waals surface area contributed by atoms with Gasteiger partial charge < -0.3 is 10.2 Å². The largest absolute Gasteiger partial charge is 0.459 e. The van der Waals surface area contributed by atoms with Crippen LogP contribution >= 0.6 is 0 Å². The number of nitrogens with two attached hydrogens (primary N) is 1. The molecule has 0 unspecified atom stereocenters. The van der Waals surface area contributed by atoms with Gasteiger partial charge >= 0.3 is 0 Å². The number of hydrogen-bond acceptors (Lipinski definition) is 3. The first-order valence-electron chi connectivity index (χ1n) is 5.66. The van der Waals surface area contributed by atoms with Crippen molar-refractivity contribution in [3.8, 4) is 0 Å². The number of carbonyl (C=O) groups is 2. The highest BCUT2D eigenvalue weighted by Gasteiger charge is 2.18. The van der Waals surface area contributed by atoms with E-state index >= 15 is 0 Å². The highest BCUT2D eigenvalue weighted by Crippen LogP contribution is 2.22. The summed E-state index contributed by atoms with van der Waals surface area (Å²) in [6.07, 6.45) is 2.87. The summed E-state index contributed by atoms with van der Waals surface area (Å²) in [4.78, 5) is 23.7. The molecule has 3 rings (SSSR count). The van der Waals surface area contributed by atoms with Crippen molar-refractivity contribution in [2.45, 2.75) is 0 Å². The van der Waals surface area contributed by atoms with Gasteiger partial charge in [-0.3, -0.25) is 14.2 Å². The topological polar surface area (TPSA) is 78.2 Å². The van der Waals surface area contributed by atoms with E-state index < -0.39 is 5.91 Å². The number of carbonyl (C=O) groups excluding carboxylic acids is 2. The Bertz CT molecular complexity index is 769. The molecule has 1 aromatic carbocycles. The average Bonchev–Trinajstić information content (AvgIpc) is 3.05. The Morgan fingerprint density at radius 2 is 1.89 bits per heavy atom. The molecular weight excluding hydrogens is 244 g/mol. The Balaban J connectivity index is 2.25. The van der Waals surface area contributed by atoms with Gasteiger partial charge in [0.15, 0.2) is 5.76 Å². The third-order valence-electron chi connectivity index (χ3n) is 2.93. The van der Waals surface area contributed by atoms with Gasteiger partial charge in [-0.05, 0) is 18.2 Å². The lowest BCUT2D eigenvalue weighted by atomic mass is 10.2. The van der Waals surface area contributed by atoms with Crippen LogP contribution in [0.15, 0.2) is 53.3 Å². The Hall–Kier alpha value is -2.82. The van der Waals surface area contributed by atoms with Crippen LogP contribution in [0.1, 0.15) is 20.9 Å². The molecule has 2 aromatic heterocycles. The van der Waals surface area contributed by atoms with E-state index in [9.17, 15) is 9.59 Å². The minimum atomic E-state index is -0.567. The first-order valence-corrected chi connectivity index (χ1v) is 5.66. The fourth-order valence-electron chi connectivity index (χ4n) is 2.06. The van der Waals surface area contributed by atoms with E-state index in [2.05, 4.69) is 0 Å². The SMILES string of the molecule is NC(=O)c1cn(C(=O)c2ccco2)c2ccccc12. The van der Waals surface area contributed by atoms with E-state index in [1.165, 1.54) is 17.0 Å². The first-order chi connectivity index (χ1) is 9.18. The van der Waals surface area contributed by atoms with Gasteiger partial charge in [0.1, 0.15) is 0 Å². The van der Waals surface area contributed by atoms with E-state index in [1.54, 1.807) is 36.4 Å². The van der Waals surface area contributed by atoms with Crippen LogP contribution in [0.5, 0.6) is 0 Å². The fourth-order valence-corrected chi connectivity index (χ4v) is 2.06. The Kier molecular flexibility index (Phi) is 2.45. The van der Waals surface area contributed by atoms with Crippen molar-refractivity contribution in [1.29, 1.82) is 0 Å². The zero-order valence-corrected chi connectivity index (χ0v) is 9.87. The Labute approximate surface area is 108 Å². The van der Waals surface area contributed by atoms with Crippen molar-refractivity contribution in [3.63, 3.8) is 0 Å². The van der Waals surface area contributed by atoms with Crippen LogP contribution in [0.25, 0.3) is 10.9 Å². The summed E-state index contributed by atoms with van der Waals surface area (Å²) in [6, 6.07) is 10.3. The zero-order valence-electron chi connectivity index (χ0n) is 9.87. The van der Waals surface area contributed by atoms with Crippen LogP contribution in [-0.2, 0) is 0 Å². The third-order valence-corrected chi connectivity index (χ3v) is 2.93. The second kappa shape index (κ2) is 4.13. The number of hydrogen-bond donors (Lipinski definition) is 1. The van der Waals surface area contributed by atoms with Crippen LogP contribution in [0.4, 0.5) is 0 Å². The van der Waals surface area contributed by atoms with Crippen molar-refractivity contribution in [2.75, 3.05) is 0 Å². The highest BCUT2D eigenvalue weighted by molar-refractivity contribution is 6.10. The van der Waals surface area contributed by atoms with E-state index in [-0.39, 0.29) is 11.7 Å². The maximum atomic E-state index is 12.3. The molecule has 1 amide bonds. The van der Waals surface area contributed by atoms with Crippen LogP contribution in [0.2, 0.25) is 0 Å². The highest BCUT2D eigenvalue weighted by atomic mass is 16.3. The molecule has 0 aliphatic heterocycles. The van der Waals surface area contributed by atoms with Gasteiger partial charge in [-0.1, -0.05) is 18.2 Å². The molecular formula is C14H10N2O3. The van der Waals surface area contributed by atoms with Crippen molar-refractivity contribution in [3.05, 3.63) is 60.2 Å². The van der Waals surface area contributed by atoms with Crippen LogP contribution in [0.3, 0.4) is 0 Å². The summed E-state index contributed by atoms with van der Waals surface area (Å²) < 4.78 is 6.45. The number of nitrogens with zero attached hydrogens (tertiary/aromatic N) is 1. The molecule has 0 fully saturated rings. The van der Waals surface area contributed by atoms with Gasteiger partial charge in [0.05, 0.1) is 17.3 Å². The summed E-state index contributed by atoms with van der Waals surface area (Å²) in [5, 5.41) is 0.648. The van der Waals surface area contributed by atoms with Crippen molar-refractivity contribution >= 4 is 22.7 Å². The summed E-state index contributed by atoms with van der Waals surface area (Å²) >= 11 is 0. The molecule has 2 heterocycles. The summed E-state index contributed by atoms with van der Waals surface area (Å²) in [7, 11) is 0. The molecule has 0 aliphatic carbocycles. The van der Waals surface area contributed by atoms with E-state index in [0.717, 1.165) is 0 Å². The zero-order chi connectivity index (χ0) is 13.4. The molecule has 5 heteroatoms. The molecule has 0 radical (unpaired) electrons. The number of amides is 1. The van der Waals surface area contributed by atoms with Crippen molar-refractivity contribution in [1.82, 2.24) is 4.57 Å². The molecule has 3 aromatic rings. The van der Waals surface area contributed by atoms with E-state index in [4.69, 9.17) is 10.2 Å². The van der Waals surface area contributed by atoms with Gasteiger partial charge in [-0.2, -0.15) is 0 Å². The predicted octanol–water partition coefficient (Wildman–Crippen LogP) is 2.02. The summed E-state index contributed by atoms with van der Waals surface area (Å²) in [5.41, 5.74) is 6.26. The normalized spacial score (nSPS) is 10.7. The molecule has 94 valence electrons. The molecule has 5 nitrogen and oxygen atoms in total. The van der Waals surface area contributed by atoms with Gasteiger partial charge in [-0.25, -0.2) is 0 Å². The lowest BCUT2D eigenvalue weighted by Crippen LogP contribution is -2.12. The maximum Gasteiger partial charge on any atom is 0.298 e. The second-order valence-electron chi connectivity index (χ2n) is 4.08. The molecule has 19 heavy (non-hydrogen) atoms. The number of rotatable bonds is 2. The van der Waals surface area contributed by atoms with Gasteiger partial charge in [-0.15, -0.1) is 0 Å². The standard InChI is InChI=1S/C14H10N2O3/c15-13(17)10-8-16(11-5-2-1-4-9(10)11)14(18)12-6-3-7-19-12/h1-8H,(H2,15,17). The average molecular weight is 254 g/mol. The molecule has 0 saturated carbocycles. The maximum absolute atomic E-state index is 12.3. The molecule has 2 N–H and O–H groups in total.